The molecule has 26 heavy (non-hydrogen) atoms. The van der Waals surface area contributed by atoms with Crippen LogP contribution < -0.4 is 10.9 Å². The Balaban J connectivity index is 1.65. The van der Waals surface area contributed by atoms with E-state index < -0.39 is 0 Å². The number of unbranched alkanes of at least 4 members (excludes halogenated alkanes) is 1. The van der Waals surface area contributed by atoms with Crippen molar-refractivity contribution in [1.82, 2.24) is 19.5 Å². The van der Waals surface area contributed by atoms with Crippen LogP contribution in [0.25, 0.3) is 5.52 Å². The third-order valence-electron chi connectivity index (χ3n) is 5.11. The molecule has 0 aromatic carbocycles. The van der Waals surface area contributed by atoms with Gasteiger partial charge in [-0.25, -0.2) is 4.52 Å². The summed E-state index contributed by atoms with van der Waals surface area (Å²) in [5.41, 5.74) is 1.27. The number of hydrogen-bond donors (Lipinski definition) is 1. The van der Waals surface area contributed by atoms with Crippen LogP contribution in [0.1, 0.15) is 61.5 Å². The average molecular weight is 360 g/mol. The number of fused-ring (bicyclic) bond motifs is 1. The van der Waals surface area contributed by atoms with Gasteiger partial charge >= 0.3 is 0 Å². The second-order valence-electron chi connectivity index (χ2n) is 7.18. The Kier molecular flexibility index (Phi) is 5.76. The van der Waals surface area contributed by atoms with Gasteiger partial charge in [-0.3, -0.25) is 9.59 Å². The lowest BCUT2D eigenvalue weighted by Gasteiger charge is -2.29. The number of ether oxygens (including phenoxy) is 1. The third-order valence-corrected chi connectivity index (χ3v) is 5.11. The van der Waals surface area contributed by atoms with Crippen molar-refractivity contribution < 1.29 is 9.53 Å². The van der Waals surface area contributed by atoms with Gasteiger partial charge in [-0.2, -0.15) is 5.10 Å². The summed E-state index contributed by atoms with van der Waals surface area (Å²) < 4.78 is 8.90. The fourth-order valence-electron chi connectivity index (χ4n) is 3.58. The highest BCUT2D eigenvalue weighted by molar-refractivity contribution is 6.00. The molecule has 2 heterocycles. The fourth-order valence-corrected chi connectivity index (χ4v) is 3.58. The number of amides is 1. The minimum atomic E-state index is -0.224. The Bertz CT molecular complexity index is 831. The molecule has 3 rings (SSSR count). The second-order valence-corrected chi connectivity index (χ2v) is 7.18. The van der Waals surface area contributed by atoms with Gasteiger partial charge in [0, 0.05) is 25.9 Å². The lowest BCUT2D eigenvalue weighted by molar-refractivity contribution is 0.0209. The lowest BCUT2D eigenvalue weighted by Crippen LogP contribution is -2.39. The van der Waals surface area contributed by atoms with E-state index in [1.807, 2.05) is 6.92 Å². The molecule has 0 saturated heterocycles. The summed E-state index contributed by atoms with van der Waals surface area (Å²) in [7, 11) is 1.68. The van der Waals surface area contributed by atoms with Crippen LogP contribution in [0.3, 0.4) is 0 Å². The maximum atomic E-state index is 12.7. The molecule has 1 fully saturated rings. The minimum absolute atomic E-state index is 0.122. The molecular formula is C19H28N4O3. The highest BCUT2D eigenvalue weighted by Gasteiger charge is 2.25. The molecule has 142 valence electrons. The van der Waals surface area contributed by atoms with E-state index in [2.05, 4.69) is 17.3 Å². The Morgan fingerprint density at radius 2 is 2.08 bits per heavy atom. The largest absolute Gasteiger partial charge is 0.378 e. The SMILES string of the molecule is CCCCOC1CCC(NC(=O)c2cnn3c(C)cn(C)c(=O)c23)CC1. The molecule has 0 bridgehead atoms. The lowest BCUT2D eigenvalue weighted by atomic mass is 9.92. The molecule has 1 N–H and O–H groups in total. The Labute approximate surface area is 153 Å². The zero-order chi connectivity index (χ0) is 18.7. The highest BCUT2D eigenvalue weighted by Crippen LogP contribution is 2.22. The number of aromatic nitrogens is 3. The molecular weight excluding hydrogens is 332 g/mol. The predicted molar refractivity (Wildman–Crippen MR) is 99.5 cm³/mol. The first-order valence-electron chi connectivity index (χ1n) is 9.47. The van der Waals surface area contributed by atoms with Gasteiger partial charge in [-0.05, 0) is 39.0 Å². The summed E-state index contributed by atoms with van der Waals surface area (Å²) in [6.07, 6.45) is 9.47. The van der Waals surface area contributed by atoms with Gasteiger partial charge in [-0.1, -0.05) is 13.3 Å². The van der Waals surface area contributed by atoms with Gasteiger partial charge in [-0.15, -0.1) is 0 Å². The van der Waals surface area contributed by atoms with Crippen LogP contribution in [0.4, 0.5) is 0 Å². The van der Waals surface area contributed by atoms with Crippen molar-refractivity contribution in [3.8, 4) is 0 Å². The maximum Gasteiger partial charge on any atom is 0.277 e. The van der Waals surface area contributed by atoms with E-state index in [1.54, 1.807) is 13.2 Å². The quantitative estimate of drug-likeness (QED) is 0.801. The first-order valence-corrected chi connectivity index (χ1v) is 9.47. The smallest absolute Gasteiger partial charge is 0.277 e. The number of carbonyl (C=O) groups is 1. The zero-order valence-electron chi connectivity index (χ0n) is 15.8. The van der Waals surface area contributed by atoms with E-state index in [1.165, 1.54) is 15.3 Å². The molecule has 0 spiro atoms. The molecule has 0 radical (unpaired) electrons. The Hall–Kier alpha value is -2.15. The molecule has 1 aliphatic rings. The van der Waals surface area contributed by atoms with Crippen LogP contribution >= 0.6 is 0 Å². The van der Waals surface area contributed by atoms with Crippen LogP contribution in [-0.2, 0) is 11.8 Å². The van der Waals surface area contributed by atoms with Crippen molar-refractivity contribution in [3.63, 3.8) is 0 Å². The predicted octanol–water partition coefficient (Wildman–Crippen LogP) is 2.20. The van der Waals surface area contributed by atoms with E-state index in [0.717, 1.165) is 50.8 Å². The van der Waals surface area contributed by atoms with Gasteiger partial charge in [0.05, 0.1) is 23.6 Å². The van der Waals surface area contributed by atoms with Crippen LogP contribution in [0.2, 0.25) is 0 Å². The molecule has 0 unspecified atom stereocenters. The topological polar surface area (TPSA) is 77.6 Å². The molecule has 0 aliphatic heterocycles. The number of aryl methyl sites for hydroxylation is 2. The maximum absolute atomic E-state index is 12.7. The molecule has 0 atom stereocenters. The van der Waals surface area contributed by atoms with E-state index >= 15 is 0 Å². The molecule has 1 aliphatic carbocycles. The normalized spacial score (nSPS) is 20.4. The number of nitrogens with zero attached hydrogens (tertiary/aromatic N) is 3. The van der Waals surface area contributed by atoms with Gasteiger partial charge in [0.25, 0.3) is 11.5 Å². The van der Waals surface area contributed by atoms with Gasteiger partial charge in [0.1, 0.15) is 5.52 Å². The summed E-state index contributed by atoms with van der Waals surface area (Å²) in [4.78, 5) is 25.1. The van der Waals surface area contributed by atoms with Crippen LogP contribution in [0, 0.1) is 6.92 Å². The van der Waals surface area contributed by atoms with E-state index in [-0.39, 0.29) is 17.5 Å². The summed E-state index contributed by atoms with van der Waals surface area (Å²) >= 11 is 0. The number of nitrogens with one attached hydrogen (secondary N) is 1. The molecule has 2 aromatic rings. The average Bonchev–Trinajstić information content (AvgIpc) is 3.07. The van der Waals surface area contributed by atoms with Gasteiger partial charge in [0.2, 0.25) is 0 Å². The van der Waals surface area contributed by atoms with Gasteiger partial charge < -0.3 is 14.6 Å². The number of carbonyl (C=O) groups excluding carboxylic acids is 1. The molecule has 1 amide bonds. The highest BCUT2D eigenvalue weighted by atomic mass is 16.5. The van der Waals surface area contributed by atoms with Crippen molar-refractivity contribution in [2.45, 2.75) is 64.5 Å². The summed E-state index contributed by atoms with van der Waals surface area (Å²) in [5, 5.41) is 7.28. The second kappa shape index (κ2) is 8.03. The van der Waals surface area contributed by atoms with Crippen molar-refractivity contribution in [3.05, 3.63) is 34.0 Å². The molecule has 7 nitrogen and oxygen atoms in total. The number of hydrogen-bond acceptors (Lipinski definition) is 4. The third kappa shape index (κ3) is 3.82. The minimum Gasteiger partial charge on any atom is -0.378 e. The van der Waals surface area contributed by atoms with E-state index in [0.29, 0.717) is 17.2 Å². The summed E-state index contributed by atoms with van der Waals surface area (Å²) in [6, 6.07) is 0.122. The molecule has 2 aromatic heterocycles. The first kappa shape index (κ1) is 18.6. The Morgan fingerprint density at radius 1 is 1.35 bits per heavy atom. The van der Waals surface area contributed by atoms with Crippen molar-refractivity contribution >= 4 is 11.4 Å². The van der Waals surface area contributed by atoms with Crippen molar-refractivity contribution in [2.24, 2.45) is 7.05 Å². The summed E-state index contributed by atoms with van der Waals surface area (Å²) in [5.74, 6) is -0.224. The van der Waals surface area contributed by atoms with E-state index in [4.69, 9.17) is 4.74 Å². The van der Waals surface area contributed by atoms with Crippen molar-refractivity contribution in [2.75, 3.05) is 6.61 Å². The fraction of sp³-hybridized carbons (Fsp3) is 0.632. The summed E-state index contributed by atoms with van der Waals surface area (Å²) in [6.45, 7) is 4.84. The zero-order valence-corrected chi connectivity index (χ0v) is 15.8. The monoisotopic (exact) mass is 360 g/mol. The standard InChI is InChI=1S/C19H28N4O3/c1-4-5-10-26-15-8-6-14(7-9-15)21-18(24)16-11-20-23-13(2)12-22(3)19(25)17(16)23/h11-12,14-15H,4-10H2,1-3H3,(H,21,24). The van der Waals surface area contributed by atoms with Crippen molar-refractivity contribution in [1.29, 1.82) is 0 Å². The molecule has 7 heteroatoms. The molecule has 1 saturated carbocycles. The Morgan fingerprint density at radius 3 is 2.77 bits per heavy atom. The van der Waals surface area contributed by atoms with Crippen LogP contribution in [0.15, 0.2) is 17.2 Å². The van der Waals surface area contributed by atoms with E-state index in [9.17, 15) is 9.59 Å². The van der Waals surface area contributed by atoms with Crippen LogP contribution in [0.5, 0.6) is 0 Å². The first-order chi connectivity index (χ1) is 12.5. The number of rotatable bonds is 6. The van der Waals surface area contributed by atoms with Gasteiger partial charge in [0.15, 0.2) is 0 Å². The van der Waals surface area contributed by atoms with Crippen LogP contribution in [-0.4, -0.2) is 38.8 Å².